The first kappa shape index (κ1) is 15.8. The smallest absolute Gasteiger partial charge is 0.326 e. The maximum absolute atomic E-state index is 12.5. The lowest BCUT2D eigenvalue weighted by Crippen LogP contribution is -2.40. The fourth-order valence-electron chi connectivity index (χ4n) is 2.66. The van der Waals surface area contributed by atoms with Gasteiger partial charge in [0, 0.05) is 17.8 Å². The number of carbonyl (C=O) groups excluding carboxylic acids is 1. The van der Waals surface area contributed by atoms with Gasteiger partial charge in [-0.25, -0.2) is 9.48 Å². The first-order chi connectivity index (χ1) is 11.0. The van der Waals surface area contributed by atoms with E-state index in [1.54, 1.807) is 18.2 Å². The lowest BCUT2D eigenvalue weighted by Gasteiger charge is -2.20. The van der Waals surface area contributed by atoms with Gasteiger partial charge in [0.05, 0.1) is 22.5 Å². The van der Waals surface area contributed by atoms with Crippen molar-refractivity contribution in [3.05, 3.63) is 46.2 Å². The molecule has 1 aliphatic heterocycles. The zero-order valence-electron chi connectivity index (χ0n) is 11.9. The van der Waals surface area contributed by atoms with E-state index in [1.807, 2.05) is 0 Å². The molecule has 8 heteroatoms. The Kier molecular flexibility index (Phi) is 4.28. The van der Waals surface area contributed by atoms with Crippen LogP contribution in [-0.4, -0.2) is 44.3 Å². The fraction of sp³-hybridized carbons (Fsp3) is 0.267. The van der Waals surface area contributed by atoms with Crippen molar-refractivity contribution in [2.45, 2.75) is 18.9 Å². The van der Waals surface area contributed by atoms with Crippen molar-refractivity contribution in [3.8, 4) is 5.69 Å². The van der Waals surface area contributed by atoms with Crippen molar-refractivity contribution in [1.29, 1.82) is 0 Å². The Morgan fingerprint density at radius 3 is 2.78 bits per heavy atom. The lowest BCUT2D eigenvalue weighted by atomic mass is 10.2. The quantitative estimate of drug-likeness (QED) is 0.920. The number of rotatable bonds is 3. The number of likely N-dealkylation sites (tertiary alicyclic amines) is 1. The third kappa shape index (κ3) is 3.04. The number of amides is 1. The summed E-state index contributed by atoms with van der Waals surface area (Å²) in [5.41, 5.74) is 0.912. The van der Waals surface area contributed by atoms with Crippen LogP contribution in [0.15, 0.2) is 30.6 Å². The van der Waals surface area contributed by atoms with E-state index in [9.17, 15) is 14.7 Å². The minimum Gasteiger partial charge on any atom is -0.480 e. The summed E-state index contributed by atoms with van der Waals surface area (Å²) in [5, 5.41) is 14.2. The molecule has 0 saturated carbocycles. The van der Waals surface area contributed by atoms with E-state index >= 15 is 0 Å². The number of carboxylic acids is 1. The van der Waals surface area contributed by atoms with Crippen molar-refractivity contribution >= 4 is 35.1 Å². The number of hydrogen-bond acceptors (Lipinski definition) is 3. The van der Waals surface area contributed by atoms with E-state index in [1.165, 1.54) is 22.0 Å². The molecule has 1 fully saturated rings. The second kappa shape index (κ2) is 6.22. The number of halogens is 2. The highest BCUT2D eigenvalue weighted by molar-refractivity contribution is 6.35. The minimum atomic E-state index is -0.982. The van der Waals surface area contributed by atoms with Gasteiger partial charge in [-0.2, -0.15) is 5.10 Å². The van der Waals surface area contributed by atoms with Crippen LogP contribution in [0.1, 0.15) is 23.2 Å². The zero-order valence-corrected chi connectivity index (χ0v) is 13.5. The van der Waals surface area contributed by atoms with E-state index in [-0.39, 0.29) is 5.91 Å². The number of aliphatic carboxylic acids is 1. The van der Waals surface area contributed by atoms with E-state index in [4.69, 9.17) is 23.2 Å². The Hall–Kier alpha value is -2.05. The molecule has 1 saturated heterocycles. The molecule has 2 aromatic rings. The maximum Gasteiger partial charge on any atom is 0.326 e. The van der Waals surface area contributed by atoms with Crippen molar-refractivity contribution in [3.63, 3.8) is 0 Å². The van der Waals surface area contributed by atoms with E-state index < -0.39 is 12.0 Å². The first-order valence-corrected chi connectivity index (χ1v) is 7.77. The molecule has 1 N–H and O–H groups in total. The number of carboxylic acid groups (broad SMARTS) is 1. The molecule has 1 unspecified atom stereocenters. The van der Waals surface area contributed by atoms with Crippen LogP contribution in [0.4, 0.5) is 0 Å². The van der Waals surface area contributed by atoms with Crippen molar-refractivity contribution < 1.29 is 14.7 Å². The van der Waals surface area contributed by atoms with Gasteiger partial charge in [-0.05, 0) is 31.0 Å². The highest BCUT2D eigenvalue weighted by Crippen LogP contribution is 2.25. The minimum absolute atomic E-state index is 0.323. The molecule has 1 aromatic carbocycles. The molecule has 1 aromatic heterocycles. The molecule has 3 rings (SSSR count). The first-order valence-electron chi connectivity index (χ1n) is 7.01. The predicted octanol–water partition coefficient (Wildman–Crippen LogP) is 2.87. The molecule has 1 atom stereocenters. The molecule has 0 radical (unpaired) electrons. The number of aromatic nitrogens is 2. The molecule has 1 aliphatic rings. The van der Waals surface area contributed by atoms with Crippen LogP contribution in [0.5, 0.6) is 0 Å². The molecule has 0 spiro atoms. The predicted molar refractivity (Wildman–Crippen MR) is 85.3 cm³/mol. The van der Waals surface area contributed by atoms with Crippen LogP contribution in [-0.2, 0) is 4.79 Å². The SMILES string of the molecule is O=C(O)C1CCCN1C(=O)c1cnn(-c2ccc(Cl)cc2Cl)c1. The van der Waals surface area contributed by atoms with Crippen molar-refractivity contribution in [2.24, 2.45) is 0 Å². The molecule has 0 bridgehead atoms. The van der Waals surface area contributed by atoms with Gasteiger partial charge in [0.2, 0.25) is 0 Å². The number of nitrogens with zero attached hydrogens (tertiary/aromatic N) is 3. The zero-order chi connectivity index (χ0) is 16.6. The highest BCUT2D eigenvalue weighted by Gasteiger charge is 2.34. The Morgan fingerprint density at radius 2 is 2.09 bits per heavy atom. The molecule has 0 aliphatic carbocycles. The third-order valence-corrected chi connectivity index (χ3v) is 4.32. The van der Waals surface area contributed by atoms with Gasteiger partial charge >= 0.3 is 5.97 Å². The summed E-state index contributed by atoms with van der Waals surface area (Å²) in [7, 11) is 0. The summed E-state index contributed by atoms with van der Waals surface area (Å²) in [6, 6.07) is 4.18. The molecule has 2 heterocycles. The largest absolute Gasteiger partial charge is 0.480 e. The summed E-state index contributed by atoms with van der Waals surface area (Å²) in [6.45, 7) is 0.433. The van der Waals surface area contributed by atoms with Gasteiger partial charge in [0.25, 0.3) is 5.91 Å². The molecule has 6 nitrogen and oxygen atoms in total. The van der Waals surface area contributed by atoms with Gasteiger partial charge < -0.3 is 10.0 Å². The monoisotopic (exact) mass is 353 g/mol. The molecule has 23 heavy (non-hydrogen) atoms. The van der Waals surface area contributed by atoms with E-state index in [0.29, 0.717) is 40.7 Å². The van der Waals surface area contributed by atoms with Gasteiger partial charge in [-0.1, -0.05) is 23.2 Å². The summed E-state index contributed by atoms with van der Waals surface area (Å²) in [5.74, 6) is -1.32. The van der Waals surface area contributed by atoms with Gasteiger partial charge in [-0.3, -0.25) is 4.79 Å². The average Bonchev–Trinajstić information content (AvgIpc) is 3.16. The van der Waals surface area contributed by atoms with Gasteiger partial charge in [-0.15, -0.1) is 0 Å². The second-order valence-corrected chi connectivity index (χ2v) is 6.11. The van der Waals surface area contributed by atoms with Crippen molar-refractivity contribution in [2.75, 3.05) is 6.54 Å². The molecular formula is C15H13Cl2N3O3. The lowest BCUT2D eigenvalue weighted by molar-refractivity contribution is -0.141. The number of hydrogen-bond donors (Lipinski definition) is 1. The highest BCUT2D eigenvalue weighted by atomic mass is 35.5. The molecule has 1 amide bonds. The van der Waals surface area contributed by atoms with Gasteiger partial charge in [0.15, 0.2) is 0 Å². The van der Waals surface area contributed by atoms with Crippen LogP contribution < -0.4 is 0 Å². The second-order valence-electron chi connectivity index (χ2n) is 5.26. The summed E-state index contributed by atoms with van der Waals surface area (Å²) in [6.07, 6.45) is 4.09. The average molecular weight is 354 g/mol. The third-order valence-electron chi connectivity index (χ3n) is 3.78. The van der Waals surface area contributed by atoms with Crippen LogP contribution in [0.25, 0.3) is 5.69 Å². The Bertz CT molecular complexity index is 775. The number of carbonyl (C=O) groups is 2. The molecule has 120 valence electrons. The summed E-state index contributed by atoms with van der Waals surface area (Å²) < 4.78 is 1.47. The fourth-order valence-corrected chi connectivity index (χ4v) is 3.16. The Balaban J connectivity index is 1.87. The Labute approximate surface area is 142 Å². The van der Waals surface area contributed by atoms with E-state index in [2.05, 4.69) is 5.10 Å². The van der Waals surface area contributed by atoms with Crippen LogP contribution in [0, 0.1) is 0 Å². The normalized spacial score (nSPS) is 17.5. The van der Waals surface area contributed by atoms with Crippen LogP contribution >= 0.6 is 23.2 Å². The number of benzene rings is 1. The summed E-state index contributed by atoms with van der Waals surface area (Å²) >= 11 is 12.0. The Morgan fingerprint density at radius 1 is 1.30 bits per heavy atom. The van der Waals surface area contributed by atoms with Crippen LogP contribution in [0.3, 0.4) is 0 Å². The van der Waals surface area contributed by atoms with Crippen molar-refractivity contribution in [1.82, 2.24) is 14.7 Å². The maximum atomic E-state index is 12.5. The standard InChI is InChI=1S/C15H13Cl2N3O3/c16-10-3-4-12(11(17)6-10)20-8-9(7-18-20)14(21)19-5-1-2-13(19)15(22)23/h3-4,6-8,13H,1-2,5H2,(H,22,23). The van der Waals surface area contributed by atoms with E-state index in [0.717, 1.165) is 0 Å². The summed E-state index contributed by atoms with van der Waals surface area (Å²) in [4.78, 5) is 25.1. The van der Waals surface area contributed by atoms with Gasteiger partial charge in [0.1, 0.15) is 6.04 Å². The topological polar surface area (TPSA) is 75.4 Å². The molecular weight excluding hydrogens is 341 g/mol. The van der Waals surface area contributed by atoms with Crippen LogP contribution in [0.2, 0.25) is 10.0 Å².